The Bertz CT molecular complexity index is 693. The summed E-state index contributed by atoms with van der Waals surface area (Å²) in [5.74, 6) is -0.0300. The number of ketones is 1. The van der Waals surface area contributed by atoms with Gasteiger partial charge >= 0.3 is 0 Å². The molecule has 2 heterocycles. The summed E-state index contributed by atoms with van der Waals surface area (Å²) >= 11 is 3.16. The first-order valence-corrected chi connectivity index (χ1v) is 7.90. The van der Waals surface area contributed by atoms with E-state index in [-0.39, 0.29) is 11.5 Å². The Kier molecular flexibility index (Phi) is 3.67. The molecular weight excluding hydrogens is 288 g/mol. The van der Waals surface area contributed by atoms with E-state index in [1.54, 1.807) is 35.3 Å². The molecule has 3 rings (SSSR count). The van der Waals surface area contributed by atoms with Gasteiger partial charge in [-0.25, -0.2) is 0 Å². The van der Waals surface area contributed by atoms with Gasteiger partial charge in [0.15, 0.2) is 10.8 Å². The van der Waals surface area contributed by atoms with Crippen LogP contribution in [0.5, 0.6) is 0 Å². The van der Waals surface area contributed by atoms with Crippen molar-refractivity contribution < 1.29 is 9.90 Å². The zero-order valence-electron chi connectivity index (χ0n) is 10.4. The highest BCUT2D eigenvalue weighted by Gasteiger charge is 2.32. The molecule has 1 N–H and O–H groups in total. The molecule has 2 aliphatic rings. The molecule has 0 atom stereocenters. The summed E-state index contributed by atoms with van der Waals surface area (Å²) in [6.45, 7) is 0. The number of carbonyl (C=O) groups excluding carboxylic acids is 1. The van der Waals surface area contributed by atoms with Gasteiger partial charge in [-0.15, -0.1) is 11.8 Å². The average Bonchev–Trinajstić information content (AvgIpc) is 2.52. The Morgan fingerprint density at radius 1 is 1.10 bits per heavy atom. The van der Waals surface area contributed by atoms with Crippen molar-refractivity contribution in [1.82, 2.24) is 0 Å². The first-order chi connectivity index (χ1) is 9.75. The predicted octanol–water partition coefficient (Wildman–Crippen LogP) is 4.51. The minimum absolute atomic E-state index is 0.0788. The van der Waals surface area contributed by atoms with Crippen LogP contribution in [0.4, 0.5) is 0 Å². The van der Waals surface area contributed by atoms with E-state index >= 15 is 0 Å². The summed E-state index contributed by atoms with van der Waals surface area (Å²) in [5.41, 5.74) is 2.59. The second-order valence-corrected chi connectivity index (χ2v) is 5.91. The van der Waals surface area contributed by atoms with Gasteiger partial charge in [0, 0.05) is 12.1 Å². The van der Waals surface area contributed by atoms with Gasteiger partial charge in [-0.1, -0.05) is 0 Å². The molecule has 0 amide bonds. The van der Waals surface area contributed by atoms with E-state index in [0.29, 0.717) is 11.1 Å². The zero-order valence-corrected chi connectivity index (χ0v) is 12.1. The molecule has 0 unspecified atom stereocenters. The van der Waals surface area contributed by atoms with Crippen LogP contribution in [0.15, 0.2) is 74.4 Å². The fourth-order valence-corrected chi connectivity index (χ4v) is 3.03. The quantitative estimate of drug-likeness (QED) is 0.645. The molecule has 4 heteroatoms. The monoisotopic (exact) mass is 299 g/mol. The molecule has 0 saturated heterocycles. The summed E-state index contributed by atoms with van der Waals surface area (Å²) in [7, 11) is 0. The van der Waals surface area contributed by atoms with Crippen molar-refractivity contribution in [1.29, 1.82) is 0 Å². The summed E-state index contributed by atoms with van der Waals surface area (Å²) in [6.07, 6.45) is 7.26. The van der Waals surface area contributed by atoms with Gasteiger partial charge in [0.05, 0.1) is 11.1 Å². The lowest BCUT2D eigenvalue weighted by molar-refractivity contribution is -0.113. The summed E-state index contributed by atoms with van der Waals surface area (Å²) in [6, 6.07) is 3.83. The minimum Gasteiger partial charge on any atom is -0.506 e. The fourth-order valence-electron chi connectivity index (χ4n) is 1.91. The largest absolute Gasteiger partial charge is 0.506 e. The van der Waals surface area contributed by atoms with E-state index < -0.39 is 0 Å². The molecule has 0 bridgehead atoms. The van der Waals surface area contributed by atoms with E-state index in [9.17, 15) is 9.90 Å². The molecule has 0 fully saturated rings. The van der Waals surface area contributed by atoms with Crippen molar-refractivity contribution >= 4 is 35.0 Å². The van der Waals surface area contributed by atoms with E-state index in [1.807, 2.05) is 45.9 Å². The van der Waals surface area contributed by atoms with Gasteiger partial charge in [0.2, 0.25) is 17.1 Å². The number of carbonyl (C=O) groups is 1. The number of rotatable bonds is 2. The van der Waals surface area contributed by atoms with Crippen LogP contribution in [0.1, 0.15) is 5.56 Å². The van der Waals surface area contributed by atoms with Crippen molar-refractivity contribution in [2.75, 3.05) is 0 Å². The lowest BCUT2D eigenvalue weighted by Gasteiger charge is -2.19. The zero-order chi connectivity index (χ0) is 13.9. The van der Waals surface area contributed by atoms with Crippen LogP contribution in [0.25, 0.3) is 6.08 Å². The fraction of sp³-hybridized carbons (Fsp3) is 0. The number of aliphatic hydroxyl groups is 1. The summed E-state index contributed by atoms with van der Waals surface area (Å²) in [4.78, 5) is 12.1. The molecule has 1 aromatic heterocycles. The van der Waals surface area contributed by atoms with Crippen molar-refractivity contribution in [3.05, 3.63) is 80.0 Å². The number of thioether (sulfide) groups is 1. The molecule has 1 aliphatic heterocycles. The van der Waals surface area contributed by atoms with Crippen LogP contribution < -0.4 is 0 Å². The standard InChI is InChI=1S/C16H10O2S2/c17-15-13(9-11-1-5-19-6-2-11)16(18)14(15)10-12-3-7-20-8-4-12/h1-10H/p+1. The first kappa shape index (κ1) is 13.1. The van der Waals surface area contributed by atoms with E-state index in [4.69, 9.17) is 0 Å². The van der Waals surface area contributed by atoms with Gasteiger partial charge < -0.3 is 5.11 Å². The average molecular weight is 299 g/mol. The highest BCUT2D eigenvalue weighted by molar-refractivity contribution is 8.04. The van der Waals surface area contributed by atoms with Gasteiger partial charge in [-0.3, -0.25) is 4.79 Å². The van der Waals surface area contributed by atoms with E-state index in [1.165, 1.54) is 0 Å². The van der Waals surface area contributed by atoms with Crippen molar-refractivity contribution in [2.24, 2.45) is 0 Å². The molecule has 0 radical (unpaired) electrons. The van der Waals surface area contributed by atoms with Crippen molar-refractivity contribution in [2.45, 2.75) is 0 Å². The van der Waals surface area contributed by atoms with Crippen LogP contribution in [-0.4, -0.2) is 10.9 Å². The maximum Gasteiger partial charge on any atom is 0.211 e. The topological polar surface area (TPSA) is 37.3 Å². The van der Waals surface area contributed by atoms with Crippen molar-refractivity contribution in [3.63, 3.8) is 0 Å². The molecule has 1 aliphatic carbocycles. The number of hydrogen-bond donors (Lipinski definition) is 1. The summed E-state index contributed by atoms with van der Waals surface area (Å²) < 4.78 is 0. The molecule has 1 aromatic rings. The van der Waals surface area contributed by atoms with Crippen LogP contribution in [-0.2, 0) is 4.79 Å². The second kappa shape index (κ2) is 5.61. The van der Waals surface area contributed by atoms with Crippen molar-refractivity contribution in [3.8, 4) is 0 Å². The number of allylic oxidation sites excluding steroid dienone is 6. The highest BCUT2D eigenvalue weighted by atomic mass is 32.2. The predicted molar refractivity (Wildman–Crippen MR) is 85.3 cm³/mol. The lowest BCUT2D eigenvalue weighted by Crippen LogP contribution is -2.21. The Balaban J connectivity index is 1.90. The molecular formula is C16H11O2S2+. The maximum atomic E-state index is 12.1. The number of hydrogen-bond acceptors (Lipinski definition) is 3. The second-order valence-electron chi connectivity index (χ2n) is 4.28. The number of Topliss-reactive ketones (excluding diaryl/α,β-unsaturated/α-hetero) is 1. The molecule has 98 valence electrons. The third-order valence-electron chi connectivity index (χ3n) is 2.98. The normalized spacial score (nSPS) is 19.5. The smallest absolute Gasteiger partial charge is 0.211 e. The Morgan fingerprint density at radius 2 is 1.80 bits per heavy atom. The Labute approximate surface area is 125 Å². The Hall–Kier alpha value is -1.91. The van der Waals surface area contributed by atoms with Gasteiger partial charge in [0.1, 0.15) is 5.76 Å². The molecule has 0 saturated carbocycles. The van der Waals surface area contributed by atoms with Crippen LogP contribution >= 0.6 is 23.1 Å². The lowest BCUT2D eigenvalue weighted by atomic mass is 9.85. The van der Waals surface area contributed by atoms with Crippen LogP contribution in [0.3, 0.4) is 0 Å². The Morgan fingerprint density at radius 3 is 2.45 bits per heavy atom. The SMILES string of the molecule is O=C1C(=Cc2cc[s+]cc2)C(O)=C1C=C1C=CSC=C1. The minimum atomic E-state index is -0.109. The van der Waals surface area contributed by atoms with Gasteiger partial charge in [-0.05, 0) is 46.3 Å². The van der Waals surface area contributed by atoms with E-state index in [0.717, 1.165) is 11.1 Å². The van der Waals surface area contributed by atoms with E-state index in [2.05, 4.69) is 0 Å². The third-order valence-corrected chi connectivity index (χ3v) is 4.15. The molecule has 20 heavy (non-hydrogen) atoms. The first-order valence-electron chi connectivity index (χ1n) is 6.01. The van der Waals surface area contributed by atoms with Crippen LogP contribution in [0.2, 0.25) is 0 Å². The molecule has 0 spiro atoms. The van der Waals surface area contributed by atoms with Gasteiger partial charge in [0.25, 0.3) is 0 Å². The molecule has 0 aromatic carbocycles. The number of aliphatic hydroxyl groups excluding tert-OH is 1. The van der Waals surface area contributed by atoms with Gasteiger partial charge in [-0.2, -0.15) is 0 Å². The highest BCUT2D eigenvalue weighted by Crippen LogP contribution is 2.32. The summed E-state index contributed by atoms with van der Waals surface area (Å²) in [5, 5.41) is 17.8. The third kappa shape index (κ3) is 2.53. The molecule has 2 nitrogen and oxygen atoms in total. The van der Waals surface area contributed by atoms with Crippen LogP contribution in [0, 0.1) is 0 Å². The maximum absolute atomic E-state index is 12.1.